The van der Waals surface area contributed by atoms with Crippen molar-refractivity contribution in [3.8, 4) is 11.5 Å². The molecule has 1 amide bonds. The lowest BCUT2D eigenvalue weighted by molar-refractivity contribution is 0.102. The molecule has 0 spiro atoms. The number of hydrogen-bond donors (Lipinski definition) is 2. The van der Waals surface area contributed by atoms with Gasteiger partial charge >= 0.3 is 0 Å². The van der Waals surface area contributed by atoms with Crippen LogP contribution in [0, 0.1) is 13.8 Å². The number of rotatable bonds is 4. The molecule has 2 N–H and O–H groups in total. The monoisotopic (exact) mass is 398 g/mol. The van der Waals surface area contributed by atoms with E-state index in [4.69, 9.17) is 9.47 Å². The number of carbonyl (C=O) groups excluding carboxylic acids is 1. The van der Waals surface area contributed by atoms with Crippen LogP contribution >= 0.6 is 0 Å². The Hall–Kier alpha value is -3.73. The molecule has 150 valence electrons. The van der Waals surface area contributed by atoms with Gasteiger partial charge in [0.1, 0.15) is 0 Å². The van der Waals surface area contributed by atoms with Gasteiger partial charge in [-0.05, 0) is 73.4 Å². The van der Waals surface area contributed by atoms with E-state index in [9.17, 15) is 4.79 Å². The lowest BCUT2D eigenvalue weighted by Gasteiger charge is -2.08. The third-order valence-electron chi connectivity index (χ3n) is 5.63. The molecule has 5 nitrogen and oxygen atoms in total. The number of carbonyl (C=O) groups is 1. The predicted molar refractivity (Wildman–Crippen MR) is 118 cm³/mol. The Morgan fingerprint density at radius 1 is 0.933 bits per heavy atom. The Kier molecular flexibility index (Phi) is 4.43. The maximum atomic E-state index is 12.6. The van der Waals surface area contributed by atoms with E-state index in [1.807, 2.05) is 24.3 Å². The molecule has 0 saturated carbocycles. The second kappa shape index (κ2) is 7.26. The van der Waals surface area contributed by atoms with Crippen molar-refractivity contribution in [3.63, 3.8) is 0 Å². The Morgan fingerprint density at radius 3 is 2.53 bits per heavy atom. The van der Waals surface area contributed by atoms with Crippen molar-refractivity contribution < 1.29 is 14.3 Å². The number of aryl methyl sites for hydroxylation is 2. The summed E-state index contributed by atoms with van der Waals surface area (Å²) in [6, 6.07) is 19.7. The molecule has 0 unspecified atom stereocenters. The zero-order chi connectivity index (χ0) is 20.7. The number of nitrogens with one attached hydrogen (secondary N) is 2. The number of aromatic nitrogens is 1. The highest BCUT2D eigenvalue weighted by Gasteiger charge is 2.15. The number of fused-ring (bicyclic) bond motifs is 2. The van der Waals surface area contributed by atoms with E-state index in [0.29, 0.717) is 22.7 Å². The highest BCUT2D eigenvalue weighted by molar-refractivity contribution is 6.04. The average Bonchev–Trinajstić information content (AvgIpc) is 3.33. The smallest absolute Gasteiger partial charge is 0.255 e. The normalized spacial score (nSPS) is 12.3. The van der Waals surface area contributed by atoms with E-state index in [-0.39, 0.29) is 12.7 Å². The molecule has 0 aliphatic carbocycles. The van der Waals surface area contributed by atoms with Crippen LogP contribution in [-0.2, 0) is 6.42 Å². The number of hydrogen-bond acceptors (Lipinski definition) is 3. The molecule has 1 aromatic heterocycles. The SMILES string of the molecule is Cc1[nH]c2ccc(Cc3ccc(C(=O)Nc4ccc5c(c4)OCO5)cc3)cc2c1C. The molecule has 0 saturated heterocycles. The third-order valence-corrected chi connectivity index (χ3v) is 5.63. The van der Waals surface area contributed by atoms with Crippen LogP contribution in [0.2, 0.25) is 0 Å². The Labute approximate surface area is 174 Å². The molecule has 5 heteroatoms. The van der Waals surface area contributed by atoms with Crippen LogP contribution < -0.4 is 14.8 Å². The maximum absolute atomic E-state index is 12.6. The molecule has 5 rings (SSSR count). The molecule has 0 radical (unpaired) electrons. The van der Waals surface area contributed by atoms with Crippen molar-refractivity contribution in [2.45, 2.75) is 20.3 Å². The van der Waals surface area contributed by atoms with E-state index in [0.717, 1.165) is 6.42 Å². The number of benzene rings is 3. The summed E-state index contributed by atoms with van der Waals surface area (Å²) >= 11 is 0. The minimum absolute atomic E-state index is 0.153. The summed E-state index contributed by atoms with van der Waals surface area (Å²) in [6.07, 6.45) is 0.823. The summed E-state index contributed by atoms with van der Waals surface area (Å²) in [4.78, 5) is 16.0. The second-order valence-electron chi connectivity index (χ2n) is 7.65. The first-order valence-electron chi connectivity index (χ1n) is 9.94. The van der Waals surface area contributed by atoms with Crippen molar-refractivity contribution in [1.82, 2.24) is 4.98 Å². The first kappa shape index (κ1) is 18.3. The fourth-order valence-electron chi connectivity index (χ4n) is 3.81. The van der Waals surface area contributed by atoms with Gasteiger partial charge in [-0.2, -0.15) is 0 Å². The summed E-state index contributed by atoms with van der Waals surface area (Å²) in [5, 5.41) is 4.18. The van der Waals surface area contributed by atoms with Crippen LogP contribution in [-0.4, -0.2) is 17.7 Å². The quantitative estimate of drug-likeness (QED) is 0.487. The van der Waals surface area contributed by atoms with Crippen LogP contribution in [0.1, 0.15) is 32.7 Å². The van der Waals surface area contributed by atoms with Gasteiger partial charge < -0.3 is 19.8 Å². The van der Waals surface area contributed by atoms with Gasteiger partial charge in [-0.15, -0.1) is 0 Å². The summed E-state index contributed by atoms with van der Waals surface area (Å²) in [6.45, 7) is 4.46. The van der Waals surface area contributed by atoms with E-state index in [2.05, 4.69) is 42.3 Å². The summed E-state index contributed by atoms with van der Waals surface area (Å²) in [5.74, 6) is 1.19. The largest absolute Gasteiger partial charge is 0.454 e. The molecule has 1 aliphatic rings. The molecule has 0 fully saturated rings. The Morgan fingerprint density at radius 2 is 1.70 bits per heavy atom. The molecular weight excluding hydrogens is 376 g/mol. The minimum Gasteiger partial charge on any atom is -0.454 e. The summed E-state index contributed by atoms with van der Waals surface area (Å²) in [5.41, 5.74) is 7.38. The van der Waals surface area contributed by atoms with Gasteiger partial charge in [0.25, 0.3) is 5.91 Å². The van der Waals surface area contributed by atoms with Gasteiger partial charge in [-0.1, -0.05) is 18.2 Å². The van der Waals surface area contributed by atoms with Gasteiger partial charge in [0.05, 0.1) is 0 Å². The summed E-state index contributed by atoms with van der Waals surface area (Å²) < 4.78 is 10.7. The molecule has 4 aromatic rings. The minimum atomic E-state index is -0.153. The number of anilines is 1. The fraction of sp³-hybridized carbons (Fsp3) is 0.160. The van der Waals surface area contributed by atoms with Crippen molar-refractivity contribution in [3.05, 3.63) is 88.6 Å². The third kappa shape index (κ3) is 3.39. The molecule has 0 atom stereocenters. The Balaban J connectivity index is 1.29. The molecule has 1 aliphatic heterocycles. The number of ether oxygens (including phenoxy) is 2. The van der Waals surface area contributed by atoms with Gasteiger partial charge in [-0.3, -0.25) is 4.79 Å². The van der Waals surface area contributed by atoms with Crippen LogP contribution in [0.5, 0.6) is 11.5 Å². The van der Waals surface area contributed by atoms with Gasteiger partial charge in [0, 0.05) is 33.9 Å². The van der Waals surface area contributed by atoms with Crippen LogP contribution in [0.3, 0.4) is 0 Å². The highest BCUT2D eigenvalue weighted by Crippen LogP contribution is 2.34. The number of aromatic amines is 1. The first-order valence-corrected chi connectivity index (χ1v) is 9.94. The molecule has 3 aromatic carbocycles. The van der Waals surface area contributed by atoms with E-state index >= 15 is 0 Å². The van der Waals surface area contributed by atoms with Crippen molar-refractivity contribution in [2.75, 3.05) is 12.1 Å². The molecule has 0 bridgehead atoms. The van der Waals surface area contributed by atoms with Gasteiger partial charge in [0.15, 0.2) is 11.5 Å². The topological polar surface area (TPSA) is 63.4 Å². The molecule has 30 heavy (non-hydrogen) atoms. The van der Waals surface area contributed by atoms with Crippen LogP contribution in [0.25, 0.3) is 10.9 Å². The number of amides is 1. The van der Waals surface area contributed by atoms with Gasteiger partial charge in [-0.25, -0.2) is 0 Å². The second-order valence-corrected chi connectivity index (χ2v) is 7.65. The standard InChI is InChI=1S/C25H22N2O3/c1-15-16(2)26-22-9-5-18(12-21(15)22)11-17-3-6-19(7-4-17)25(28)27-20-8-10-23-24(13-20)30-14-29-23/h3-10,12-13,26H,11,14H2,1-2H3,(H,27,28). The van der Waals surface area contributed by atoms with E-state index in [1.165, 1.54) is 33.3 Å². The summed E-state index contributed by atoms with van der Waals surface area (Å²) in [7, 11) is 0. The van der Waals surface area contributed by atoms with Crippen molar-refractivity contribution >= 4 is 22.5 Å². The van der Waals surface area contributed by atoms with Gasteiger partial charge in [0.2, 0.25) is 6.79 Å². The zero-order valence-corrected chi connectivity index (χ0v) is 16.9. The van der Waals surface area contributed by atoms with E-state index < -0.39 is 0 Å². The lowest BCUT2D eigenvalue weighted by Crippen LogP contribution is -2.11. The lowest BCUT2D eigenvalue weighted by atomic mass is 10.0. The van der Waals surface area contributed by atoms with Crippen LogP contribution in [0.4, 0.5) is 5.69 Å². The highest BCUT2D eigenvalue weighted by atomic mass is 16.7. The zero-order valence-electron chi connectivity index (χ0n) is 16.9. The van der Waals surface area contributed by atoms with Crippen molar-refractivity contribution in [1.29, 1.82) is 0 Å². The fourth-order valence-corrected chi connectivity index (χ4v) is 3.81. The maximum Gasteiger partial charge on any atom is 0.255 e. The average molecular weight is 398 g/mol. The van der Waals surface area contributed by atoms with E-state index in [1.54, 1.807) is 18.2 Å². The predicted octanol–water partition coefficient (Wildman–Crippen LogP) is 5.36. The number of H-pyrrole nitrogens is 1. The Bertz CT molecular complexity index is 1260. The molecular formula is C25H22N2O3. The first-order chi connectivity index (χ1) is 14.6. The van der Waals surface area contributed by atoms with Crippen LogP contribution in [0.15, 0.2) is 60.7 Å². The van der Waals surface area contributed by atoms with Crippen molar-refractivity contribution in [2.24, 2.45) is 0 Å². The molecule has 2 heterocycles.